The van der Waals surface area contributed by atoms with Crippen LogP contribution < -0.4 is 5.32 Å². The van der Waals surface area contributed by atoms with Crippen LogP contribution in [0.25, 0.3) is 0 Å². The van der Waals surface area contributed by atoms with E-state index >= 15 is 0 Å². The van der Waals surface area contributed by atoms with Gasteiger partial charge in [0.05, 0.1) is 25.2 Å². The van der Waals surface area contributed by atoms with E-state index in [4.69, 9.17) is 4.74 Å². The number of carbonyl (C=O) groups excluding carboxylic acids is 2. The summed E-state index contributed by atoms with van der Waals surface area (Å²) in [5.74, 6) is 0.684. The van der Waals surface area contributed by atoms with Crippen molar-refractivity contribution in [2.75, 3.05) is 39.3 Å². The number of hydrogen-bond acceptors (Lipinski definition) is 5. The highest BCUT2D eigenvalue weighted by molar-refractivity contribution is 5.77. The average Bonchev–Trinajstić information content (AvgIpc) is 2.90. The predicted octanol–water partition coefficient (Wildman–Crippen LogP) is 2.53. The van der Waals surface area contributed by atoms with E-state index in [-0.39, 0.29) is 37.0 Å². The van der Waals surface area contributed by atoms with E-state index in [1.54, 1.807) is 0 Å². The Hall–Kier alpha value is -2.22. The minimum atomic E-state index is -0.534. The van der Waals surface area contributed by atoms with Crippen LogP contribution in [0.4, 0.5) is 0 Å². The van der Waals surface area contributed by atoms with Crippen LogP contribution in [0, 0.1) is 5.92 Å². The first-order valence-corrected chi connectivity index (χ1v) is 13.4. The van der Waals surface area contributed by atoms with Gasteiger partial charge in [-0.15, -0.1) is 0 Å². The van der Waals surface area contributed by atoms with Gasteiger partial charge in [0.15, 0.2) is 0 Å². The van der Waals surface area contributed by atoms with Crippen LogP contribution in [0.1, 0.15) is 50.5 Å². The topological polar surface area (TPSA) is 82.1 Å². The second-order valence-corrected chi connectivity index (χ2v) is 10.2. The molecule has 3 heterocycles. The van der Waals surface area contributed by atoms with Gasteiger partial charge in [-0.3, -0.25) is 9.59 Å². The fraction of sp³-hybridized carbons (Fsp3) is 0.643. The molecule has 2 fully saturated rings. The zero-order valence-corrected chi connectivity index (χ0v) is 20.8. The number of aliphatic hydroxyl groups excluding tert-OH is 1. The first-order valence-electron chi connectivity index (χ1n) is 13.4. The molecule has 0 aromatic heterocycles. The zero-order chi connectivity index (χ0) is 24.5. The number of nitrogens with one attached hydrogen (secondary N) is 1. The number of amides is 2. The van der Waals surface area contributed by atoms with Gasteiger partial charge in [0.1, 0.15) is 6.10 Å². The molecule has 0 saturated carbocycles. The fourth-order valence-corrected chi connectivity index (χ4v) is 5.47. The molecule has 3 aliphatic rings. The van der Waals surface area contributed by atoms with Crippen molar-refractivity contribution in [3.8, 4) is 0 Å². The number of hydrogen-bond donors (Lipinski definition) is 2. The molecule has 0 bridgehead atoms. The van der Waals surface area contributed by atoms with Crippen molar-refractivity contribution >= 4 is 11.8 Å². The van der Waals surface area contributed by atoms with Gasteiger partial charge in [-0.25, -0.2) is 0 Å². The summed E-state index contributed by atoms with van der Waals surface area (Å²) < 4.78 is 6.00. The molecule has 2 N–H and O–H groups in total. The summed E-state index contributed by atoms with van der Waals surface area (Å²) in [5, 5.41) is 12.8. The van der Waals surface area contributed by atoms with E-state index in [2.05, 4.69) is 34.5 Å². The molecule has 35 heavy (non-hydrogen) atoms. The Morgan fingerprint density at radius 3 is 2.46 bits per heavy atom. The number of carbonyl (C=O) groups is 2. The maximum absolute atomic E-state index is 12.9. The van der Waals surface area contributed by atoms with Crippen molar-refractivity contribution < 1.29 is 19.4 Å². The van der Waals surface area contributed by atoms with Crippen LogP contribution in [0.15, 0.2) is 42.5 Å². The molecule has 2 saturated heterocycles. The van der Waals surface area contributed by atoms with Crippen LogP contribution in [0.5, 0.6) is 0 Å². The third kappa shape index (κ3) is 7.89. The van der Waals surface area contributed by atoms with Crippen molar-refractivity contribution in [1.82, 2.24) is 15.1 Å². The summed E-state index contributed by atoms with van der Waals surface area (Å²) in [5.41, 5.74) is 1.36. The highest BCUT2D eigenvalue weighted by Crippen LogP contribution is 2.23. The van der Waals surface area contributed by atoms with Gasteiger partial charge in [0.25, 0.3) is 0 Å². The molecule has 0 spiro atoms. The highest BCUT2D eigenvalue weighted by Gasteiger charge is 2.31. The minimum absolute atomic E-state index is 0.0276. The number of benzene rings is 1. The Kier molecular flexibility index (Phi) is 9.74. The Bertz CT molecular complexity index is 832. The molecule has 7 nitrogen and oxygen atoms in total. The minimum Gasteiger partial charge on any atom is -0.394 e. The molecule has 1 aromatic carbocycles. The van der Waals surface area contributed by atoms with E-state index in [1.165, 1.54) is 24.8 Å². The van der Waals surface area contributed by atoms with Crippen molar-refractivity contribution in [2.45, 2.75) is 69.6 Å². The first-order chi connectivity index (χ1) is 17.1. The van der Waals surface area contributed by atoms with Crippen LogP contribution >= 0.6 is 0 Å². The lowest BCUT2D eigenvalue weighted by Crippen LogP contribution is -2.50. The summed E-state index contributed by atoms with van der Waals surface area (Å²) in [7, 11) is 0. The summed E-state index contributed by atoms with van der Waals surface area (Å²) in [6.07, 6.45) is 10.4. The van der Waals surface area contributed by atoms with Gasteiger partial charge >= 0.3 is 0 Å². The number of ether oxygens (including phenoxy) is 1. The van der Waals surface area contributed by atoms with Gasteiger partial charge in [-0.05, 0) is 56.7 Å². The fourth-order valence-electron chi connectivity index (χ4n) is 5.47. The largest absolute Gasteiger partial charge is 0.394 e. The number of nitrogens with zero attached hydrogens (tertiary/aromatic N) is 2. The van der Waals surface area contributed by atoms with Crippen molar-refractivity contribution in [3.63, 3.8) is 0 Å². The second-order valence-electron chi connectivity index (χ2n) is 10.2. The molecule has 0 aliphatic carbocycles. The van der Waals surface area contributed by atoms with E-state index in [9.17, 15) is 14.7 Å². The quantitative estimate of drug-likeness (QED) is 0.528. The molecule has 4 rings (SSSR count). The summed E-state index contributed by atoms with van der Waals surface area (Å²) in [6.45, 7) is 4.28. The van der Waals surface area contributed by atoms with Gasteiger partial charge in [-0.1, -0.05) is 48.9 Å². The predicted molar refractivity (Wildman–Crippen MR) is 136 cm³/mol. The lowest BCUT2D eigenvalue weighted by molar-refractivity contribution is -0.137. The van der Waals surface area contributed by atoms with Crippen molar-refractivity contribution in [3.05, 3.63) is 48.0 Å². The Labute approximate surface area is 209 Å². The molecule has 192 valence electrons. The molecule has 0 unspecified atom stereocenters. The van der Waals surface area contributed by atoms with E-state index in [0.29, 0.717) is 12.3 Å². The van der Waals surface area contributed by atoms with E-state index in [0.717, 1.165) is 52.0 Å². The number of rotatable bonds is 9. The smallest absolute Gasteiger partial charge is 0.225 e. The number of piperidine rings is 2. The standard InChI is InChI=1S/C28H41N3O4/c32-21-26-25(29-27(33)13-16-30-14-5-2-6-15-30)10-9-24(35-26)20-28(34)31-17-11-23(12-18-31)19-22-7-3-1-4-8-22/h1,3-4,7-10,23-26,32H,2,5-6,11-21H2,(H,29,33)/t24-,25-,26-/m1/s1. The normalized spacial score (nSPS) is 26.0. The summed E-state index contributed by atoms with van der Waals surface area (Å²) in [4.78, 5) is 29.6. The third-order valence-electron chi connectivity index (χ3n) is 7.60. The highest BCUT2D eigenvalue weighted by atomic mass is 16.5. The molecular formula is C28H41N3O4. The van der Waals surface area contributed by atoms with Crippen LogP contribution in [-0.4, -0.2) is 84.3 Å². The Balaban J connectivity index is 1.19. The lowest BCUT2D eigenvalue weighted by atomic mass is 9.90. The summed E-state index contributed by atoms with van der Waals surface area (Å²) >= 11 is 0. The molecular weight excluding hydrogens is 442 g/mol. The van der Waals surface area contributed by atoms with Crippen LogP contribution in [0.2, 0.25) is 0 Å². The Morgan fingerprint density at radius 1 is 1.00 bits per heavy atom. The van der Waals surface area contributed by atoms with Gasteiger partial charge < -0.3 is 25.0 Å². The molecule has 7 heteroatoms. The third-order valence-corrected chi connectivity index (χ3v) is 7.60. The number of likely N-dealkylation sites (tertiary alicyclic amines) is 2. The first kappa shape index (κ1) is 25.9. The Morgan fingerprint density at radius 2 is 1.74 bits per heavy atom. The van der Waals surface area contributed by atoms with Crippen molar-refractivity contribution in [1.29, 1.82) is 0 Å². The van der Waals surface area contributed by atoms with Gasteiger partial charge in [0, 0.05) is 26.1 Å². The zero-order valence-electron chi connectivity index (χ0n) is 20.8. The molecule has 1 aromatic rings. The van der Waals surface area contributed by atoms with E-state index in [1.807, 2.05) is 23.1 Å². The maximum atomic E-state index is 12.9. The lowest BCUT2D eigenvalue weighted by Gasteiger charge is -2.35. The average molecular weight is 484 g/mol. The molecule has 3 atom stereocenters. The van der Waals surface area contributed by atoms with Crippen molar-refractivity contribution in [2.24, 2.45) is 5.92 Å². The monoisotopic (exact) mass is 483 g/mol. The second kappa shape index (κ2) is 13.2. The van der Waals surface area contributed by atoms with E-state index < -0.39 is 6.10 Å². The van der Waals surface area contributed by atoms with Crippen LogP contribution in [0.3, 0.4) is 0 Å². The van der Waals surface area contributed by atoms with Crippen LogP contribution in [-0.2, 0) is 20.7 Å². The molecule has 2 amide bonds. The van der Waals surface area contributed by atoms with Gasteiger partial charge in [-0.2, -0.15) is 0 Å². The van der Waals surface area contributed by atoms with Gasteiger partial charge in [0.2, 0.25) is 11.8 Å². The molecule has 0 radical (unpaired) electrons. The SMILES string of the molecule is O=C(CCN1CCCCC1)N[C@@H]1C=C[C@H](CC(=O)N2CCC(Cc3ccccc3)CC2)O[C@@H]1CO. The molecule has 3 aliphatic heterocycles. The maximum Gasteiger partial charge on any atom is 0.225 e. The summed E-state index contributed by atoms with van der Waals surface area (Å²) in [6, 6.07) is 10.2. The number of aliphatic hydroxyl groups is 1.